The van der Waals surface area contributed by atoms with E-state index in [0.29, 0.717) is 32.8 Å². The van der Waals surface area contributed by atoms with E-state index in [0.717, 1.165) is 0 Å². The Morgan fingerprint density at radius 1 is 1.11 bits per heavy atom. The highest BCUT2D eigenvalue weighted by Gasteiger charge is 2.10. The van der Waals surface area contributed by atoms with Crippen molar-refractivity contribution in [3.63, 3.8) is 0 Å². The molecule has 0 saturated carbocycles. The number of thiocarbonyl (C=S) groups is 1. The Kier molecular flexibility index (Phi) is 6.70. The second-order valence-corrected chi connectivity index (χ2v) is 6.97. The highest BCUT2D eigenvalue weighted by Crippen LogP contribution is 2.34. The molecule has 0 unspecified atom stereocenters. The first kappa shape index (κ1) is 20.4. The van der Waals surface area contributed by atoms with Crippen LogP contribution in [0, 0.1) is 0 Å². The first-order chi connectivity index (χ1) is 13.4. The van der Waals surface area contributed by atoms with Crippen molar-refractivity contribution in [2.75, 3.05) is 5.32 Å². The second kappa shape index (κ2) is 9.21. The Morgan fingerprint density at radius 2 is 1.93 bits per heavy atom. The summed E-state index contributed by atoms with van der Waals surface area (Å²) in [5, 5.41) is 6.48. The van der Waals surface area contributed by atoms with Crippen LogP contribution in [0.15, 0.2) is 59.2 Å². The number of hydrogen-bond donors (Lipinski definition) is 2. The average molecular weight is 453 g/mol. The summed E-state index contributed by atoms with van der Waals surface area (Å²) < 4.78 is 5.69. The standard InChI is InChI=1S/C19H12Cl3N3O2S/c20-13-4-1-3-12(17(13)21)15-8-6-11(27-15)7-9-16(26)25-19(28)24-14-5-2-10-23-18(14)22/h1-10H,(H2,24,25,26,28)/b9-7+. The lowest BCUT2D eigenvalue weighted by Gasteiger charge is -2.08. The molecule has 142 valence electrons. The van der Waals surface area contributed by atoms with Gasteiger partial charge < -0.3 is 9.73 Å². The van der Waals surface area contributed by atoms with Crippen LogP contribution in [0.25, 0.3) is 17.4 Å². The van der Waals surface area contributed by atoms with Gasteiger partial charge in [0.05, 0.1) is 15.7 Å². The molecule has 0 fully saturated rings. The number of rotatable bonds is 4. The zero-order valence-corrected chi connectivity index (χ0v) is 17.2. The van der Waals surface area contributed by atoms with E-state index < -0.39 is 5.91 Å². The molecule has 1 aromatic carbocycles. The first-order valence-corrected chi connectivity index (χ1v) is 9.43. The number of pyridine rings is 1. The molecule has 0 atom stereocenters. The number of halogens is 3. The molecule has 2 heterocycles. The quantitative estimate of drug-likeness (QED) is 0.296. The van der Waals surface area contributed by atoms with Crippen LogP contribution >= 0.6 is 47.0 Å². The number of aromatic nitrogens is 1. The van der Waals surface area contributed by atoms with Gasteiger partial charge in [-0.05, 0) is 54.7 Å². The third-order valence-corrected chi connectivity index (χ3v) is 4.81. The zero-order chi connectivity index (χ0) is 20.1. The smallest absolute Gasteiger partial charge is 0.250 e. The molecule has 0 spiro atoms. The zero-order valence-electron chi connectivity index (χ0n) is 14.1. The molecule has 3 rings (SSSR count). The molecule has 0 saturated heterocycles. The Balaban J connectivity index is 1.62. The van der Waals surface area contributed by atoms with Crippen LogP contribution in [0.2, 0.25) is 15.2 Å². The molecular weight excluding hydrogens is 441 g/mol. The van der Waals surface area contributed by atoms with Crippen LogP contribution in [0.5, 0.6) is 0 Å². The van der Waals surface area contributed by atoms with E-state index >= 15 is 0 Å². The van der Waals surface area contributed by atoms with Crippen LogP contribution < -0.4 is 10.6 Å². The van der Waals surface area contributed by atoms with Crippen LogP contribution in [0.3, 0.4) is 0 Å². The number of carbonyl (C=O) groups is 1. The summed E-state index contributed by atoms with van der Waals surface area (Å²) in [5.74, 6) is 0.572. The van der Waals surface area contributed by atoms with Crippen molar-refractivity contribution >= 4 is 69.8 Å². The number of nitrogens with zero attached hydrogens (tertiary/aromatic N) is 1. The lowest BCUT2D eigenvalue weighted by Crippen LogP contribution is -2.32. The summed E-state index contributed by atoms with van der Waals surface area (Å²) >= 11 is 23.2. The molecule has 28 heavy (non-hydrogen) atoms. The van der Waals surface area contributed by atoms with Gasteiger partial charge in [0.25, 0.3) is 0 Å². The molecule has 9 heteroatoms. The molecule has 0 aliphatic carbocycles. The monoisotopic (exact) mass is 451 g/mol. The number of hydrogen-bond acceptors (Lipinski definition) is 4. The highest BCUT2D eigenvalue weighted by molar-refractivity contribution is 7.80. The minimum absolute atomic E-state index is 0.0930. The maximum absolute atomic E-state index is 12.0. The first-order valence-electron chi connectivity index (χ1n) is 7.89. The molecule has 2 aromatic heterocycles. The number of furan rings is 1. The highest BCUT2D eigenvalue weighted by atomic mass is 35.5. The van der Waals surface area contributed by atoms with Gasteiger partial charge in [-0.2, -0.15) is 0 Å². The van der Waals surface area contributed by atoms with Crippen LogP contribution in [-0.2, 0) is 4.79 Å². The topological polar surface area (TPSA) is 67.2 Å². The van der Waals surface area contributed by atoms with Gasteiger partial charge in [0, 0.05) is 17.8 Å². The largest absolute Gasteiger partial charge is 0.457 e. The predicted molar refractivity (Wildman–Crippen MR) is 117 cm³/mol. The van der Waals surface area contributed by atoms with E-state index in [2.05, 4.69) is 15.6 Å². The fraction of sp³-hybridized carbons (Fsp3) is 0. The molecule has 3 aromatic rings. The Labute approximate surface area is 181 Å². The maximum atomic E-state index is 12.0. The Morgan fingerprint density at radius 3 is 2.71 bits per heavy atom. The number of carbonyl (C=O) groups excluding carboxylic acids is 1. The minimum atomic E-state index is -0.434. The van der Waals surface area contributed by atoms with Crippen molar-refractivity contribution in [3.8, 4) is 11.3 Å². The van der Waals surface area contributed by atoms with E-state index in [1.165, 1.54) is 12.2 Å². The normalized spacial score (nSPS) is 10.8. The third kappa shape index (κ3) is 5.11. The van der Waals surface area contributed by atoms with E-state index in [1.54, 1.807) is 48.7 Å². The van der Waals surface area contributed by atoms with Crippen molar-refractivity contribution in [3.05, 3.63) is 75.7 Å². The lowest BCUT2D eigenvalue weighted by atomic mass is 10.2. The Hall–Kier alpha value is -2.38. The molecule has 0 aliphatic rings. The van der Waals surface area contributed by atoms with Crippen molar-refractivity contribution in [1.82, 2.24) is 10.3 Å². The summed E-state index contributed by atoms with van der Waals surface area (Å²) in [6.07, 6.45) is 4.35. The van der Waals surface area contributed by atoms with Gasteiger partial charge in [0.1, 0.15) is 11.5 Å². The van der Waals surface area contributed by atoms with Gasteiger partial charge in [-0.3, -0.25) is 10.1 Å². The fourth-order valence-corrected chi connectivity index (χ4v) is 3.00. The van der Waals surface area contributed by atoms with Gasteiger partial charge in [-0.1, -0.05) is 40.9 Å². The van der Waals surface area contributed by atoms with Crippen molar-refractivity contribution < 1.29 is 9.21 Å². The van der Waals surface area contributed by atoms with Crippen LogP contribution in [0.1, 0.15) is 5.76 Å². The van der Waals surface area contributed by atoms with E-state index in [-0.39, 0.29) is 10.3 Å². The predicted octanol–water partition coefficient (Wildman–Crippen LogP) is 5.83. The SMILES string of the molecule is O=C(/C=C/c1ccc(-c2cccc(Cl)c2Cl)o1)NC(=S)Nc1cccnc1Cl. The van der Waals surface area contributed by atoms with Crippen LogP contribution in [-0.4, -0.2) is 16.0 Å². The molecule has 2 N–H and O–H groups in total. The number of benzene rings is 1. The molecule has 1 amide bonds. The summed E-state index contributed by atoms with van der Waals surface area (Å²) in [5.41, 5.74) is 1.16. The minimum Gasteiger partial charge on any atom is -0.457 e. The van der Waals surface area contributed by atoms with Gasteiger partial charge in [0.2, 0.25) is 5.91 Å². The van der Waals surface area contributed by atoms with Gasteiger partial charge in [-0.15, -0.1) is 0 Å². The number of anilines is 1. The molecule has 0 radical (unpaired) electrons. The van der Waals surface area contributed by atoms with Crippen molar-refractivity contribution in [1.29, 1.82) is 0 Å². The van der Waals surface area contributed by atoms with Crippen molar-refractivity contribution in [2.45, 2.75) is 0 Å². The van der Waals surface area contributed by atoms with E-state index in [4.69, 9.17) is 51.4 Å². The maximum Gasteiger partial charge on any atom is 0.250 e. The molecule has 5 nitrogen and oxygen atoms in total. The second-order valence-electron chi connectivity index (χ2n) is 5.42. The van der Waals surface area contributed by atoms with Gasteiger partial charge >= 0.3 is 0 Å². The molecular formula is C19H12Cl3N3O2S. The molecule has 0 aliphatic heterocycles. The summed E-state index contributed by atoms with van der Waals surface area (Å²) in [6, 6.07) is 12.1. The Bertz CT molecular complexity index is 1070. The summed E-state index contributed by atoms with van der Waals surface area (Å²) in [7, 11) is 0. The average Bonchev–Trinajstić information content (AvgIpc) is 3.13. The van der Waals surface area contributed by atoms with Gasteiger partial charge in [0.15, 0.2) is 10.3 Å². The number of nitrogens with one attached hydrogen (secondary N) is 2. The summed E-state index contributed by atoms with van der Waals surface area (Å²) in [6.45, 7) is 0. The van der Waals surface area contributed by atoms with E-state index in [1.807, 2.05) is 0 Å². The van der Waals surface area contributed by atoms with Crippen LogP contribution in [0.4, 0.5) is 5.69 Å². The lowest BCUT2D eigenvalue weighted by molar-refractivity contribution is -0.115. The molecule has 0 bridgehead atoms. The van der Waals surface area contributed by atoms with Gasteiger partial charge in [-0.25, -0.2) is 4.98 Å². The fourth-order valence-electron chi connectivity index (χ4n) is 2.23. The third-order valence-electron chi connectivity index (χ3n) is 3.49. The van der Waals surface area contributed by atoms with Crippen molar-refractivity contribution in [2.24, 2.45) is 0 Å². The summed E-state index contributed by atoms with van der Waals surface area (Å²) in [4.78, 5) is 15.9. The van der Waals surface area contributed by atoms with E-state index in [9.17, 15) is 4.79 Å². The number of amides is 1.